The maximum absolute atomic E-state index is 12.6. The van der Waals surface area contributed by atoms with Gasteiger partial charge in [-0.2, -0.15) is 13.2 Å². The largest absolute Gasteiger partial charge is 0.466 e. The van der Waals surface area contributed by atoms with Gasteiger partial charge in [-0.15, -0.1) is 0 Å². The van der Waals surface area contributed by atoms with Crippen LogP contribution in [0.4, 0.5) is 13.2 Å². The van der Waals surface area contributed by atoms with Crippen molar-refractivity contribution < 1.29 is 22.6 Å². The molecular weight excluding hydrogens is 416 g/mol. The smallest absolute Gasteiger partial charge is 0.416 e. The fraction of sp³-hybridized carbons (Fsp3) is 0.400. The van der Waals surface area contributed by atoms with E-state index in [4.69, 9.17) is 4.74 Å². The van der Waals surface area contributed by atoms with Crippen molar-refractivity contribution >= 4 is 38.5 Å². The first kappa shape index (κ1) is 15.0. The van der Waals surface area contributed by atoms with Gasteiger partial charge in [0.2, 0.25) is 0 Å². The lowest BCUT2D eigenvalue weighted by molar-refractivity contribution is -0.137. The lowest BCUT2D eigenvalue weighted by atomic mass is 10.1. The fourth-order valence-corrected chi connectivity index (χ4v) is 2.77. The molecule has 0 bridgehead atoms. The number of alkyl halides is 4. The van der Waals surface area contributed by atoms with Crippen LogP contribution in [0.15, 0.2) is 12.1 Å². The van der Waals surface area contributed by atoms with E-state index >= 15 is 0 Å². The highest BCUT2D eigenvalue weighted by Crippen LogP contribution is 2.36. The van der Waals surface area contributed by atoms with E-state index < -0.39 is 11.7 Å². The van der Waals surface area contributed by atoms with Crippen LogP contribution in [-0.2, 0) is 16.2 Å². The highest BCUT2D eigenvalue weighted by Gasteiger charge is 2.32. The molecule has 17 heavy (non-hydrogen) atoms. The number of hydrogen-bond donors (Lipinski definition) is 0. The summed E-state index contributed by atoms with van der Waals surface area (Å²) < 4.78 is 48.3. The summed E-state index contributed by atoms with van der Waals surface area (Å²) in [4.78, 5) is 0. The van der Waals surface area contributed by atoms with Crippen molar-refractivity contribution in [1.29, 1.82) is 0 Å². The van der Waals surface area contributed by atoms with Crippen LogP contribution >= 0.6 is 38.5 Å². The first-order valence-corrected chi connectivity index (χ1v) is 6.67. The van der Waals surface area contributed by atoms with E-state index in [1.807, 2.05) is 22.6 Å². The van der Waals surface area contributed by atoms with Gasteiger partial charge in [0.25, 0.3) is 0 Å². The molecule has 1 aromatic carbocycles. The Morgan fingerprint density at radius 3 is 2.47 bits per heavy atom. The number of halogens is 5. The van der Waals surface area contributed by atoms with Crippen LogP contribution < -0.4 is 4.74 Å². The normalized spacial score (nSPS) is 11.6. The summed E-state index contributed by atoms with van der Waals surface area (Å²) in [6, 6.07) is 2.09. The van der Waals surface area contributed by atoms with Crippen molar-refractivity contribution in [3.8, 4) is 5.75 Å². The first-order chi connectivity index (χ1) is 7.90. The van der Waals surface area contributed by atoms with Crippen LogP contribution in [0.1, 0.15) is 11.1 Å². The van der Waals surface area contributed by atoms with Gasteiger partial charge in [-0.05, 0) is 40.3 Å². The van der Waals surface area contributed by atoms with Crippen LogP contribution in [0, 0.1) is 3.57 Å². The summed E-state index contributed by atoms with van der Waals surface area (Å²) >= 11 is 5.10. The molecule has 7 heteroatoms. The average molecular weight is 425 g/mol. The Kier molecular flexibility index (Phi) is 5.52. The molecule has 0 aromatic heterocycles. The molecule has 0 spiro atoms. The molecule has 0 atom stereocenters. The van der Waals surface area contributed by atoms with Gasteiger partial charge < -0.3 is 9.47 Å². The minimum atomic E-state index is -4.38. The van der Waals surface area contributed by atoms with E-state index in [9.17, 15) is 13.2 Å². The lowest BCUT2D eigenvalue weighted by Gasteiger charge is -2.14. The average Bonchev–Trinajstić information content (AvgIpc) is 2.26. The van der Waals surface area contributed by atoms with Gasteiger partial charge in [0.05, 0.1) is 9.13 Å². The third-order valence-electron chi connectivity index (χ3n) is 1.92. The van der Waals surface area contributed by atoms with Crippen molar-refractivity contribution in [3.05, 3.63) is 26.8 Å². The number of benzene rings is 1. The maximum Gasteiger partial charge on any atom is 0.416 e. The molecule has 1 aromatic rings. The second-order valence-corrected chi connectivity index (χ2v) is 4.77. The zero-order valence-electron chi connectivity index (χ0n) is 8.78. The molecule has 0 aliphatic rings. The Balaban J connectivity index is 3.19. The van der Waals surface area contributed by atoms with E-state index in [-0.39, 0.29) is 12.5 Å². The molecule has 0 radical (unpaired) electrons. The fourth-order valence-electron chi connectivity index (χ4n) is 1.14. The van der Waals surface area contributed by atoms with E-state index in [0.29, 0.717) is 14.5 Å². The third-order valence-corrected chi connectivity index (χ3v) is 3.75. The Labute approximate surface area is 119 Å². The molecule has 1 rings (SSSR count). The van der Waals surface area contributed by atoms with E-state index in [1.54, 1.807) is 0 Å². The minimum absolute atomic E-state index is 0.0843. The zero-order chi connectivity index (χ0) is 13.1. The SMILES string of the molecule is COCOc1cc(C(F)(F)F)cc(CBr)c1I. The monoisotopic (exact) mass is 424 g/mol. The molecule has 2 nitrogen and oxygen atoms in total. The summed E-state index contributed by atoms with van der Waals surface area (Å²) in [5.74, 6) is 0.178. The Bertz CT molecular complexity index is 396. The van der Waals surface area contributed by atoms with Crippen LogP contribution in [0.5, 0.6) is 5.75 Å². The second-order valence-electron chi connectivity index (χ2n) is 3.13. The van der Waals surface area contributed by atoms with Crippen LogP contribution in [0.25, 0.3) is 0 Å². The van der Waals surface area contributed by atoms with Crippen LogP contribution in [0.3, 0.4) is 0 Å². The molecule has 0 aliphatic carbocycles. The van der Waals surface area contributed by atoms with Gasteiger partial charge in [-0.25, -0.2) is 0 Å². The van der Waals surface area contributed by atoms with Crippen molar-refractivity contribution in [2.24, 2.45) is 0 Å². The number of rotatable bonds is 4. The van der Waals surface area contributed by atoms with Crippen LogP contribution in [-0.4, -0.2) is 13.9 Å². The minimum Gasteiger partial charge on any atom is -0.466 e. The van der Waals surface area contributed by atoms with E-state index in [2.05, 4.69) is 20.7 Å². The molecule has 96 valence electrons. The quantitative estimate of drug-likeness (QED) is 0.410. The Hall–Kier alpha value is -0.0200. The summed E-state index contributed by atoms with van der Waals surface area (Å²) in [5.41, 5.74) is -0.190. The van der Waals surface area contributed by atoms with E-state index in [1.165, 1.54) is 7.11 Å². The summed E-state index contributed by atoms with van der Waals surface area (Å²) in [6.45, 7) is -0.0843. The lowest BCUT2D eigenvalue weighted by Crippen LogP contribution is -2.09. The van der Waals surface area contributed by atoms with Gasteiger partial charge in [0.1, 0.15) is 5.75 Å². The second kappa shape index (κ2) is 6.24. The van der Waals surface area contributed by atoms with Crippen molar-refractivity contribution in [3.63, 3.8) is 0 Å². The molecule has 0 unspecified atom stereocenters. The molecule has 0 heterocycles. The van der Waals surface area contributed by atoms with Gasteiger partial charge in [-0.3, -0.25) is 0 Å². The Morgan fingerprint density at radius 2 is 2.00 bits per heavy atom. The highest BCUT2D eigenvalue weighted by atomic mass is 127. The molecular formula is C10H9BrF3IO2. The number of methoxy groups -OCH3 is 1. The van der Waals surface area contributed by atoms with Gasteiger partial charge >= 0.3 is 6.18 Å². The predicted molar refractivity (Wildman–Crippen MR) is 69.3 cm³/mol. The standard InChI is InChI=1S/C10H9BrF3IO2/c1-16-5-17-8-3-7(10(12,13)14)2-6(4-11)9(8)15/h2-3H,4-5H2,1H3. The van der Waals surface area contributed by atoms with Gasteiger partial charge in [0.15, 0.2) is 6.79 Å². The summed E-state index contributed by atoms with van der Waals surface area (Å²) in [7, 11) is 1.41. The predicted octanol–water partition coefficient (Wildman–Crippen LogP) is 4.19. The maximum atomic E-state index is 12.6. The van der Waals surface area contributed by atoms with Crippen molar-refractivity contribution in [2.75, 3.05) is 13.9 Å². The van der Waals surface area contributed by atoms with Crippen molar-refractivity contribution in [2.45, 2.75) is 11.5 Å². The number of hydrogen-bond acceptors (Lipinski definition) is 2. The number of ether oxygens (including phenoxy) is 2. The molecule has 0 N–H and O–H groups in total. The third kappa shape index (κ3) is 3.99. The van der Waals surface area contributed by atoms with Crippen molar-refractivity contribution in [1.82, 2.24) is 0 Å². The van der Waals surface area contributed by atoms with E-state index in [0.717, 1.165) is 12.1 Å². The van der Waals surface area contributed by atoms with Gasteiger partial charge in [0, 0.05) is 12.4 Å². The molecule has 0 fully saturated rings. The van der Waals surface area contributed by atoms with Gasteiger partial charge in [-0.1, -0.05) is 15.9 Å². The molecule has 0 saturated carbocycles. The Morgan fingerprint density at radius 1 is 1.35 bits per heavy atom. The topological polar surface area (TPSA) is 18.5 Å². The zero-order valence-corrected chi connectivity index (χ0v) is 12.5. The molecule has 0 amide bonds. The van der Waals surface area contributed by atoms with Crippen LogP contribution in [0.2, 0.25) is 0 Å². The molecule has 0 saturated heterocycles. The summed E-state index contributed by atoms with van der Waals surface area (Å²) in [5, 5.41) is 0.332. The first-order valence-electron chi connectivity index (χ1n) is 4.47. The summed E-state index contributed by atoms with van der Waals surface area (Å²) in [6.07, 6.45) is -4.38. The highest BCUT2D eigenvalue weighted by molar-refractivity contribution is 14.1. The molecule has 0 aliphatic heterocycles.